The Morgan fingerprint density at radius 1 is 1.15 bits per heavy atom. The van der Waals surface area contributed by atoms with Gasteiger partial charge in [-0.3, -0.25) is 0 Å². The van der Waals surface area contributed by atoms with Crippen molar-refractivity contribution in [2.24, 2.45) is 0 Å². The van der Waals surface area contributed by atoms with Crippen LogP contribution in [0.1, 0.15) is 13.3 Å². The molecule has 1 atom stereocenters. The molecule has 26 heavy (non-hydrogen) atoms. The van der Waals surface area contributed by atoms with Crippen LogP contribution >= 0.6 is 23.2 Å². The zero-order chi connectivity index (χ0) is 18.3. The summed E-state index contributed by atoms with van der Waals surface area (Å²) in [6.07, 6.45) is 1.14. The number of fused-ring (bicyclic) bond motifs is 1. The summed E-state index contributed by atoms with van der Waals surface area (Å²) in [7, 11) is 2.17. The number of nitrogens with zero attached hydrogens (tertiary/aromatic N) is 6. The Labute approximate surface area is 162 Å². The largest absolute Gasteiger partial charge is 0.354 e. The fraction of sp³-hybridized carbons (Fsp3) is 0.389. The van der Waals surface area contributed by atoms with Crippen molar-refractivity contribution in [1.29, 1.82) is 0 Å². The maximum Gasteiger partial charge on any atom is 0.185 e. The van der Waals surface area contributed by atoms with Crippen LogP contribution in [0.4, 0.5) is 5.82 Å². The van der Waals surface area contributed by atoms with E-state index >= 15 is 0 Å². The van der Waals surface area contributed by atoms with Gasteiger partial charge in [-0.2, -0.15) is 4.52 Å². The summed E-state index contributed by atoms with van der Waals surface area (Å²) in [6.45, 7) is 5.21. The van der Waals surface area contributed by atoms with E-state index in [0.717, 1.165) is 37.4 Å². The third kappa shape index (κ3) is 3.24. The maximum atomic E-state index is 6.14. The number of benzene rings is 1. The molecule has 0 radical (unpaired) electrons. The topological polar surface area (TPSA) is 49.6 Å². The van der Waals surface area contributed by atoms with Crippen LogP contribution in [0, 0.1) is 0 Å². The van der Waals surface area contributed by atoms with Crippen molar-refractivity contribution in [3.05, 3.63) is 40.4 Å². The molecule has 1 aliphatic heterocycles. The molecule has 6 nitrogen and oxygen atoms in total. The molecule has 0 N–H and O–H groups in total. The van der Waals surface area contributed by atoms with Crippen LogP contribution in [0.15, 0.2) is 30.3 Å². The first-order valence-corrected chi connectivity index (χ1v) is 9.45. The minimum Gasteiger partial charge on any atom is -0.354 e. The number of halogens is 2. The van der Waals surface area contributed by atoms with Gasteiger partial charge in [0.25, 0.3) is 0 Å². The first-order valence-electron chi connectivity index (χ1n) is 8.69. The van der Waals surface area contributed by atoms with Gasteiger partial charge in [-0.15, -0.1) is 15.3 Å². The molecule has 1 fully saturated rings. The highest BCUT2D eigenvalue weighted by molar-refractivity contribution is 6.35. The summed E-state index contributed by atoms with van der Waals surface area (Å²) in [4.78, 5) is 4.70. The van der Waals surface area contributed by atoms with Gasteiger partial charge in [-0.1, -0.05) is 30.1 Å². The fourth-order valence-electron chi connectivity index (χ4n) is 3.38. The molecule has 1 aromatic carbocycles. The lowest BCUT2D eigenvalue weighted by Crippen LogP contribution is -2.34. The predicted molar refractivity (Wildman–Crippen MR) is 105 cm³/mol. The lowest BCUT2D eigenvalue weighted by molar-refractivity contribution is 0.272. The molecule has 136 valence electrons. The number of aromatic nitrogens is 4. The van der Waals surface area contributed by atoms with E-state index < -0.39 is 0 Å². The Morgan fingerprint density at radius 2 is 1.92 bits per heavy atom. The molecule has 4 rings (SSSR count). The van der Waals surface area contributed by atoms with Crippen molar-refractivity contribution >= 4 is 34.7 Å². The SMILES string of the molecule is CCN(C)C1CCN(c2ccc3nnc(-c4cc(Cl)cc(Cl)c4)n3n2)C1. The molecule has 3 aromatic rings. The average Bonchev–Trinajstić information content (AvgIpc) is 3.26. The van der Waals surface area contributed by atoms with Crippen LogP contribution in [0.25, 0.3) is 17.0 Å². The van der Waals surface area contributed by atoms with Crippen molar-refractivity contribution in [1.82, 2.24) is 24.7 Å². The van der Waals surface area contributed by atoms with Crippen molar-refractivity contribution in [2.45, 2.75) is 19.4 Å². The van der Waals surface area contributed by atoms with E-state index in [-0.39, 0.29) is 0 Å². The Balaban J connectivity index is 1.69. The summed E-state index contributed by atoms with van der Waals surface area (Å²) in [5.41, 5.74) is 1.49. The van der Waals surface area contributed by atoms with E-state index in [9.17, 15) is 0 Å². The highest BCUT2D eigenvalue weighted by atomic mass is 35.5. The molecule has 0 spiro atoms. The van der Waals surface area contributed by atoms with Crippen molar-refractivity contribution in [2.75, 3.05) is 31.6 Å². The van der Waals surface area contributed by atoms with Gasteiger partial charge >= 0.3 is 0 Å². The second kappa shape index (κ2) is 7.02. The number of hydrogen-bond donors (Lipinski definition) is 0. The molecule has 0 aliphatic carbocycles. The summed E-state index contributed by atoms with van der Waals surface area (Å²) in [6, 6.07) is 9.85. The molecule has 1 unspecified atom stereocenters. The monoisotopic (exact) mass is 390 g/mol. The van der Waals surface area contributed by atoms with Gasteiger partial charge in [-0.25, -0.2) is 0 Å². The molecule has 2 aromatic heterocycles. The number of hydrogen-bond acceptors (Lipinski definition) is 5. The van der Waals surface area contributed by atoms with E-state index in [2.05, 4.69) is 34.0 Å². The first-order chi connectivity index (χ1) is 12.5. The highest BCUT2D eigenvalue weighted by Crippen LogP contribution is 2.27. The third-order valence-corrected chi connectivity index (χ3v) is 5.42. The quantitative estimate of drug-likeness (QED) is 0.680. The Hall–Kier alpha value is -1.89. The predicted octanol–water partition coefficient (Wildman–Crippen LogP) is 3.63. The Kier molecular flexibility index (Phi) is 4.73. The van der Waals surface area contributed by atoms with Crippen LogP contribution in [0.3, 0.4) is 0 Å². The molecular formula is C18H20Cl2N6. The first kappa shape index (κ1) is 17.5. The molecule has 0 bridgehead atoms. The molecule has 8 heteroatoms. The maximum absolute atomic E-state index is 6.14. The second-order valence-electron chi connectivity index (χ2n) is 6.61. The number of anilines is 1. The summed E-state index contributed by atoms with van der Waals surface area (Å²) in [5.74, 6) is 1.56. The normalized spacial score (nSPS) is 17.6. The van der Waals surface area contributed by atoms with Crippen LogP contribution in [-0.2, 0) is 0 Å². The lowest BCUT2D eigenvalue weighted by Gasteiger charge is -2.23. The number of rotatable bonds is 4. The minimum absolute atomic E-state index is 0.560. The average molecular weight is 391 g/mol. The molecule has 0 saturated carbocycles. The Bertz CT molecular complexity index is 920. The zero-order valence-corrected chi connectivity index (χ0v) is 16.2. The molecule has 1 aliphatic rings. The van der Waals surface area contributed by atoms with Gasteiger partial charge in [0, 0.05) is 34.7 Å². The van der Waals surface area contributed by atoms with Crippen LogP contribution in [0.2, 0.25) is 10.0 Å². The molecule has 1 saturated heterocycles. The van der Waals surface area contributed by atoms with E-state index in [4.69, 9.17) is 28.3 Å². The Morgan fingerprint density at radius 3 is 2.65 bits per heavy atom. The second-order valence-corrected chi connectivity index (χ2v) is 7.48. The molecule has 0 amide bonds. The van der Waals surface area contributed by atoms with Crippen molar-refractivity contribution < 1.29 is 0 Å². The van der Waals surface area contributed by atoms with Gasteiger partial charge in [0.05, 0.1) is 0 Å². The fourth-order valence-corrected chi connectivity index (χ4v) is 3.90. The summed E-state index contributed by atoms with van der Waals surface area (Å²) >= 11 is 12.3. The van der Waals surface area contributed by atoms with Crippen molar-refractivity contribution in [3.63, 3.8) is 0 Å². The van der Waals surface area contributed by atoms with Gasteiger partial charge in [0.1, 0.15) is 5.82 Å². The third-order valence-electron chi connectivity index (χ3n) is 4.98. The van der Waals surface area contributed by atoms with Gasteiger partial charge in [-0.05, 0) is 50.3 Å². The van der Waals surface area contributed by atoms with Gasteiger partial charge in [0.15, 0.2) is 11.5 Å². The van der Waals surface area contributed by atoms with Crippen LogP contribution < -0.4 is 4.90 Å². The zero-order valence-electron chi connectivity index (χ0n) is 14.7. The van der Waals surface area contributed by atoms with E-state index in [1.165, 1.54) is 0 Å². The van der Waals surface area contributed by atoms with Crippen molar-refractivity contribution in [3.8, 4) is 11.4 Å². The molecule has 3 heterocycles. The highest BCUT2D eigenvalue weighted by Gasteiger charge is 2.26. The summed E-state index contributed by atoms with van der Waals surface area (Å²) < 4.78 is 1.76. The van der Waals surface area contributed by atoms with E-state index in [0.29, 0.717) is 27.6 Å². The van der Waals surface area contributed by atoms with Gasteiger partial charge < -0.3 is 9.80 Å². The van der Waals surface area contributed by atoms with E-state index in [1.54, 1.807) is 10.6 Å². The van der Waals surface area contributed by atoms with Crippen LogP contribution in [-0.4, -0.2) is 57.4 Å². The lowest BCUT2D eigenvalue weighted by atomic mass is 10.2. The van der Waals surface area contributed by atoms with E-state index in [1.807, 2.05) is 24.3 Å². The smallest absolute Gasteiger partial charge is 0.185 e. The minimum atomic E-state index is 0.560. The molecular weight excluding hydrogens is 371 g/mol. The van der Waals surface area contributed by atoms with Gasteiger partial charge in [0.2, 0.25) is 0 Å². The standard InChI is InChI=1S/C18H20Cl2N6/c1-3-24(2)15-6-7-25(11-15)17-5-4-16-21-22-18(26(16)23-17)12-8-13(19)10-14(20)9-12/h4-5,8-10,15H,3,6-7,11H2,1-2H3. The number of likely N-dealkylation sites (N-methyl/N-ethyl adjacent to an activating group) is 1. The summed E-state index contributed by atoms with van der Waals surface area (Å²) in [5, 5.41) is 14.4. The van der Waals surface area contributed by atoms with Crippen LogP contribution in [0.5, 0.6) is 0 Å².